The first-order valence-corrected chi connectivity index (χ1v) is 10.4. The smallest absolute Gasteiger partial charge is 0.263 e. The summed E-state index contributed by atoms with van der Waals surface area (Å²) in [5, 5.41) is 3.28. The summed E-state index contributed by atoms with van der Waals surface area (Å²) >= 11 is 0. The van der Waals surface area contributed by atoms with Crippen LogP contribution in [0.5, 0.6) is 5.75 Å². The molecule has 6 nitrogen and oxygen atoms in total. The maximum atomic E-state index is 12.4. The number of methoxy groups -OCH3 is 1. The molecule has 2 aromatic carbocycles. The summed E-state index contributed by atoms with van der Waals surface area (Å²) in [6.07, 6.45) is 2.40. The van der Waals surface area contributed by atoms with E-state index in [4.69, 9.17) is 4.74 Å². The van der Waals surface area contributed by atoms with Crippen LogP contribution in [0.25, 0.3) is 0 Å². The van der Waals surface area contributed by atoms with Gasteiger partial charge in [0.05, 0.1) is 23.9 Å². The van der Waals surface area contributed by atoms with E-state index in [-0.39, 0.29) is 10.7 Å². The summed E-state index contributed by atoms with van der Waals surface area (Å²) in [7, 11) is -2.00. The van der Waals surface area contributed by atoms with Gasteiger partial charge in [-0.25, -0.2) is 13.4 Å². The van der Waals surface area contributed by atoms with E-state index in [2.05, 4.69) is 15.0 Å². The number of anilines is 2. The molecule has 2 N–H and O–H groups in total. The van der Waals surface area contributed by atoms with Crippen LogP contribution >= 0.6 is 0 Å². The third-order valence-electron chi connectivity index (χ3n) is 4.22. The number of para-hydroxylation sites is 1. The molecule has 0 unspecified atom stereocenters. The molecule has 3 rings (SSSR count). The lowest BCUT2D eigenvalue weighted by Gasteiger charge is -2.11. The molecule has 28 heavy (non-hydrogen) atoms. The molecule has 0 aliphatic carbocycles. The van der Waals surface area contributed by atoms with Crippen molar-refractivity contribution in [1.29, 1.82) is 0 Å². The second kappa shape index (κ2) is 8.75. The minimum atomic E-state index is -3.66. The van der Waals surface area contributed by atoms with Crippen molar-refractivity contribution in [2.24, 2.45) is 0 Å². The molecule has 1 aromatic heterocycles. The van der Waals surface area contributed by atoms with Crippen LogP contribution in [0.15, 0.2) is 71.8 Å². The Kier molecular flexibility index (Phi) is 6.16. The molecule has 0 spiro atoms. The van der Waals surface area contributed by atoms with Crippen molar-refractivity contribution < 1.29 is 13.2 Å². The zero-order valence-electron chi connectivity index (χ0n) is 15.8. The van der Waals surface area contributed by atoms with E-state index in [0.29, 0.717) is 6.54 Å². The molecule has 0 amide bonds. The van der Waals surface area contributed by atoms with Gasteiger partial charge in [-0.05, 0) is 54.8 Å². The van der Waals surface area contributed by atoms with Crippen LogP contribution in [0.3, 0.4) is 0 Å². The number of aromatic nitrogens is 1. The Labute approximate surface area is 165 Å². The Morgan fingerprint density at radius 2 is 1.86 bits per heavy atom. The molecule has 0 saturated carbocycles. The molecule has 0 aliphatic heterocycles. The van der Waals surface area contributed by atoms with Crippen LogP contribution in [0.2, 0.25) is 0 Å². The Morgan fingerprint density at radius 1 is 1.04 bits per heavy atom. The molecule has 146 valence electrons. The lowest BCUT2D eigenvalue weighted by Crippen LogP contribution is -2.14. The third kappa shape index (κ3) is 5.01. The van der Waals surface area contributed by atoms with E-state index >= 15 is 0 Å². The van der Waals surface area contributed by atoms with Crippen LogP contribution < -0.4 is 14.8 Å². The molecule has 3 aromatic rings. The van der Waals surface area contributed by atoms with Gasteiger partial charge in [0.2, 0.25) is 0 Å². The highest BCUT2D eigenvalue weighted by Gasteiger charge is 2.14. The van der Waals surface area contributed by atoms with Gasteiger partial charge in [0.15, 0.2) is 0 Å². The zero-order valence-corrected chi connectivity index (χ0v) is 16.7. The number of sulfonamides is 1. The Bertz CT molecular complexity index is 1030. The number of nitrogens with one attached hydrogen (secondary N) is 2. The molecule has 1 heterocycles. The number of pyridine rings is 1. The topological polar surface area (TPSA) is 80.3 Å². The number of ether oxygens (including phenoxy) is 1. The van der Waals surface area contributed by atoms with Gasteiger partial charge in [-0.3, -0.25) is 4.72 Å². The van der Waals surface area contributed by atoms with Crippen molar-refractivity contribution in [3.05, 3.63) is 78.0 Å². The number of rotatable bonds is 8. The highest BCUT2D eigenvalue weighted by atomic mass is 32.2. The van der Waals surface area contributed by atoms with E-state index in [1.807, 2.05) is 37.3 Å². The predicted molar refractivity (Wildman–Crippen MR) is 111 cm³/mol. The molecule has 0 aliphatic rings. The summed E-state index contributed by atoms with van der Waals surface area (Å²) in [4.78, 5) is 4.41. The quantitative estimate of drug-likeness (QED) is 0.603. The highest BCUT2D eigenvalue weighted by molar-refractivity contribution is 7.92. The SMILES string of the molecule is COc1ccccc1CCNc1ccc(NS(=O)(=O)c2cccc(C)c2)nc1. The monoisotopic (exact) mass is 397 g/mol. The van der Waals surface area contributed by atoms with Gasteiger partial charge in [-0.15, -0.1) is 0 Å². The molecule has 0 fully saturated rings. The van der Waals surface area contributed by atoms with Crippen molar-refractivity contribution in [2.45, 2.75) is 18.2 Å². The third-order valence-corrected chi connectivity index (χ3v) is 5.57. The summed E-state index contributed by atoms with van der Waals surface area (Å²) in [5.74, 6) is 1.14. The van der Waals surface area contributed by atoms with E-state index in [1.165, 1.54) is 0 Å². The van der Waals surface area contributed by atoms with Crippen molar-refractivity contribution in [1.82, 2.24) is 4.98 Å². The summed E-state index contributed by atoms with van der Waals surface area (Å²) in [5.41, 5.74) is 2.81. The number of aryl methyl sites for hydroxylation is 1. The van der Waals surface area contributed by atoms with Crippen molar-refractivity contribution in [3.63, 3.8) is 0 Å². The van der Waals surface area contributed by atoms with Crippen LogP contribution in [-0.4, -0.2) is 27.1 Å². The normalized spacial score (nSPS) is 11.1. The summed E-state index contributed by atoms with van der Waals surface area (Å²) in [6.45, 7) is 2.55. The van der Waals surface area contributed by atoms with Crippen LogP contribution in [0.4, 0.5) is 11.5 Å². The van der Waals surface area contributed by atoms with Crippen molar-refractivity contribution in [3.8, 4) is 5.75 Å². The molecule has 0 atom stereocenters. The first-order chi connectivity index (χ1) is 13.5. The van der Waals surface area contributed by atoms with Gasteiger partial charge < -0.3 is 10.1 Å². The van der Waals surface area contributed by atoms with Crippen molar-refractivity contribution in [2.75, 3.05) is 23.7 Å². The Morgan fingerprint density at radius 3 is 2.57 bits per heavy atom. The molecule has 0 saturated heterocycles. The van der Waals surface area contributed by atoms with Crippen LogP contribution in [0, 0.1) is 6.92 Å². The van der Waals surface area contributed by atoms with Gasteiger partial charge in [0.1, 0.15) is 11.6 Å². The maximum absolute atomic E-state index is 12.4. The Balaban J connectivity index is 1.59. The van der Waals surface area contributed by atoms with Gasteiger partial charge in [0.25, 0.3) is 10.0 Å². The molecule has 0 bridgehead atoms. The van der Waals surface area contributed by atoms with Gasteiger partial charge in [-0.1, -0.05) is 30.3 Å². The number of nitrogens with zero attached hydrogens (tertiary/aromatic N) is 1. The van der Waals surface area contributed by atoms with E-state index in [9.17, 15) is 8.42 Å². The van der Waals surface area contributed by atoms with E-state index < -0.39 is 10.0 Å². The fourth-order valence-corrected chi connectivity index (χ4v) is 3.90. The second-order valence-electron chi connectivity index (χ2n) is 6.34. The molecular weight excluding hydrogens is 374 g/mol. The number of benzene rings is 2. The van der Waals surface area contributed by atoms with Gasteiger partial charge in [-0.2, -0.15) is 0 Å². The van der Waals surface area contributed by atoms with Gasteiger partial charge in [0, 0.05) is 6.54 Å². The predicted octanol–water partition coefficient (Wildman–Crippen LogP) is 3.85. The van der Waals surface area contributed by atoms with E-state index in [1.54, 1.807) is 43.6 Å². The first-order valence-electron chi connectivity index (χ1n) is 8.89. The van der Waals surface area contributed by atoms with Crippen LogP contribution in [-0.2, 0) is 16.4 Å². The highest BCUT2D eigenvalue weighted by Crippen LogP contribution is 2.19. The average molecular weight is 398 g/mol. The minimum absolute atomic E-state index is 0.216. The van der Waals surface area contributed by atoms with Crippen molar-refractivity contribution >= 4 is 21.5 Å². The lowest BCUT2D eigenvalue weighted by molar-refractivity contribution is 0.410. The zero-order chi connectivity index (χ0) is 20.0. The number of hydrogen-bond donors (Lipinski definition) is 2. The first kappa shape index (κ1) is 19.7. The average Bonchev–Trinajstić information content (AvgIpc) is 2.69. The maximum Gasteiger partial charge on any atom is 0.263 e. The van der Waals surface area contributed by atoms with Gasteiger partial charge >= 0.3 is 0 Å². The summed E-state index contributed by atoms with van der Waals surface area (Å²) in [6, 6.07) is 18.1. The van der Waals surface area contributed by atoms with E-state index in [0.717, 1.165) is 29.0 Å². The fourth-order valence-electron chi connectivity index (χ4n) is 2.79. The fraction of sp³-hybridized carbons (Fsp3) is 0.190. The standard InChI is InChI=1S/C21H23N3O3S/c1-16-6-5-8-19(14-16)28(25,26)24-21-11-10-18(15-23-21)22-13-12-17-7-3-4-9-20(17)27-2/h3-11,14-15,22H,12-13H2,1-2H3,(H,23,24). The molecule has 0 radical (unpaired) electrons. The Hall–Kier alpha value is -3.06. The molecular formula is C21H23N3O3S. The summed E-state index contributed by atoms with van der Waals surface area (Å²) < 4.78 is 32.8. The van der Waals surface area contributed by atoms with Crippen LogP contribution in [0.1, 0.15) is 11.1 Å². The second-order valence-corrected chi connectivity index (χ2v) is 8.03. The number of hydrogen-bond acceptors (Lipinski definition) is 5. The minimum Gasteiger partial charge on any atom is -0.496 e. The molecule has 7 heteroatoms. The largest absolute Gasteiger partial charge is 0.496 e. The lowest BCUT2D eigenvalue weighted by atomic mass is 10.1.